The van der Waals surface area contributed by atoms with Gasteiger partial charge in [-0.3, -0.25) is 0 Å². The van der Waals surface area contributed by atoms with Crippen LogP contribution in [0.1, 0.15) is 128 Å². The van der Waals surface area contributed by atoms with Gasteiger partial charge in [0.1, 0.15) is 0 Å². The van der Waals surface area contributed by atoms with Crippen molar-refractivity contribution in [2.75, 3.05) is 0 Å². The molecule has 12 heteroatoms. The lowest BCUT2D eigenvalue weighted by Gasteiger charge is -2.23. The fourth-order valence-corrected chi connectivity index (χ4v) is 8.04. The number of aliphatic hydroxyl groups is 1. The van der Waals surface area contributed by atoms with E-state index in [0.29, 0.717) is 41.5 Å². The van der Waals surface area contributed by atoms with E-state index in [1.54, 1.807) is 38.1 Å². The molecule has 3 aliphatic heterocycles. The fraction of sp³-hybridized carbons (Fsp3) is 0.542. The summed E-state index contributed by atoms with van der Waals surface area (Å²) in [5.74, 6) is -3.38. The van der Waals surface area contributed by atoms with E-state index in [2.05, 4.69) is 13.0 Å². The number of ether oxygens (including phenoxy) is 5. The van der Waals surface area contributed by atoms with Gasteiger partial charge in [0, 0.05) is 18.3 Å². The number of hydrogen-bond acceptors (Lipinski definition) is 8. The molecule has 8 atom stereocenters. The van der Waals surface area contributed by atoms with Crippen molar-refractivity contribution in [3.05, 3.63) is 105 Å². The molecule has 5 rings (SSSR count). The summed E-state index contributed by atoms with van der Waals surface area (Å²) in [5, 5.41) is 19.0. The molecule has 0 radical (unpaired) electrons. The van der Waals surface area contributed by atoms with Gasteiger partial charge >= 0.3 is 18.1 Å². The zero-order chi connectivity index (χ0) is 44.7. The molecular formula is C48H63F3O9. The molecular weight excluding hydrogens is 778 g/mol. The van der Waals surface area contributed by atoms with Gasteiger partial charge in [0.15, 0.2) is 11.6 Å². The van der Waals surface area contributed by atoms with Crippen molar-refractivity contribution in [1.29, 1.82) is 0 Å². The van der Waals surface area contributed by atoms with Crippen molar-refractivity contribution < 1.29 is 56.7 Å². The molecule has 2 aromatic rings. The summed E-state index contributed by atoms with van der Waals surface area (Å²) in [4.78, 5) is 24.4. The number of aliphatic hydroxyl groups excluding tert-OH is 1. The van der Waals surface area contributed by atoms with E-state index in [-0.39, 0.29) is 47.9 Å². The van der Waals surface area contributed by atoms with Gasteiger partial charge in [0.2, 0.25) is 6.10 Å². The van der Waals surface area contributed by atoms with E-state index in [9.17, 15) is 33.0 Å². The first-order chi connectivity index (χ1) is 27.9. The molecule has 0 bridgehead atoms. The number of esters is 1. The Bertz CT molecular complexity index is 1940. The third-order valence-corrected chi connectivity index (χ3v) is 10.6. The number of halogens is 3. The summed E-state index contributed by atoms with van der Waals surface area (Å²) < 4.78 is 70.0. The van der Waals surface area contributed by atoms with Crippen LogP contribution in [0.2, 0.25) is 0 Å². The van der Waals surface area contributed by atoms with Gasteiger partial charge < -0.3 is 33.9 Å². The summed E-state index contributed by atoms with van der Waals surface area (Å²) in [7, 11) is 0. The standard InChI is InChI=1S/C24H29F3O4.C24H34O5/c1-14-12-16(3)20-17(13-14)9-7-10-18-21(31-23(4,5)30-18)15(2)8-6-11-19(24(25,26)27)29-22(20)28;1-15-13-17(3)21(23(26)27)19(14-15)11-8-12-20-22(29-24(5,6)28-20)16(2)9-7-10-18(4)25/h6-9,12-13,15,18-19,21H,10-11H2,1-5H3;7-9,11,13-14,16,18,20,22,25H,10,12H2,1-6H3,(H,26,27)/b8-6-,9-7+;9-7-,11-8+/t15?,18-,19+,21+;16?,18?,20-,22+/m00/s1. The van der Waals surface area contributed by atoms with E-state index in [1.807, 2.05) is 91.8 Å². The van der Waals surface area contributed by atoms with Crippen LogP contribution in [0.25, 0.3) is 12.2 Å². The Morgan fingerprint density at radius 3 is 2.20 bits per heavy atom. The smallest absolute Gasteiger partial charge is 0.425 e. The predicted molar refractivity (Wildman–Crippen MR) is 227 cm³/mol. The minimum Gasteiger partial charge on any atom is -0.478 e. The molecule has 2 saturated heterocycles. The predicted octanol–water partition coefficient (Wildman–Crippen LogP) is 10.8. The number of carbonyl (C=O) groups is 2. The molecule has 0 aliphatic carbocycles. The van der Waals surface area contributed by atoms with Crippen molar-refractivity contribution in [2.45, 2.75) is 156 Å². The highest BCUT2D eigenvalue weighted by atomic mass is 19.4. The second-order valence-electron chi connectivity index (χ2n) is 17.3. The van der Waals surface area contributed by atoms with E-state index >= 15 is 0 Å². The number of hydrogen-bond donors (Lipinski definition) is 2. The van der Waals surface area contributed by atoms with Crippen LogP contribution < -0.4 is 0 Å². The fourth-order valence-electron chi connectivity index (χ4n) is 8.04. The Labute approximate surface area is 353 Å². The summed E-state index contributed by atoms with van der Waals surface area (Å²) in [6, 6.07) is 7.30. The van der Waals surface area contributed by atoms with Crippen molar-refractivity contribution >= 4 is 24.1 Å². The Balaban J connectivity index is 0.000000265. The molecule has 0 spiro atoms. The number of rotatable bonds is 8. The SMILES string of the molecule is Cc1cc(C)c(C(=O)O)c(/C=C/C[C@@H]2OC(C)(C)O[C@@H]2C(C)/C=C\CC(C)O)c1.Cc1cc(C)c2c(c1)/C=C/C[C@@H]1OC(C)(C)O[C@@H]1C(C)/C=C\C[C@H](C(F)(F)F)OC2=O. The van der Waals surface area contributed by atoms with E-state index in [4.69, 9.17) is 23.7 Å². The van der Waals surface area contributed by atoms with Crippen LogP contribution in [0, 0.1) is 39.5 Å². The number of carboxylic acid groups (broad SMARTS) is 1. The lowest BCUT2D eigenvalue weighted by Crippen LogP contribution is -2.34. The maximum atomic E-state index is 13.6. The Kier molecular flexibility index (Phi) is 16.4. The van der Waals surface area contributed by atoms with Gasteiger partial charge in [0.05, 0.1) is 41.6 Å². The topological polar surface area (TPSA) is 121 Å². The number of fused-ring (bicyclic) bond motifs is 2. The van der Waals surface area contributed by atoms with Gasteiger partial charge in [-0.05, 0) is 104 Å². The lowest BCUT2D eigenvalue weighted by atomic mass is 9.95. The largest absolute Gasteiger partial charge is 0.478 e. The second-order valence-corrected chi connectivity index (χ2v) is 17.3. The van der Waals surface area contributed by atoms with Crippen LogP contribution in [-0.2, 0) is 23.7 Å². The average Bonchev–Trinajstić information content (AvgIpc) is 3.59. The monoisotopic (exact) mass is 840 g/mol. The maximum absolute atomic E-state index is 13.6. The molecule has 2 fully saturated rings. The van der Waals surface area contributed by atoms with Crippen LogP contribution >= 0.6 is 0 Å². The van der Waals surface area contributed by atoms with Crippen LogP contribution in [-0.4, -0.2) is 76.5 Å². The molecule has 60 heavy (non-hydrogen) atoms. The molecule has 3 unspecified atom stereocenters. The molecule has 3 heterocycles. The quantitative estimate of drug-likeness (QED) is 0.198. The number of cyclic esters (lactones) is 1. The van der Waals surface area contributed by atoms with Crippen molar-refractivity contribution in [3.8, 4) is 0 Å². The van der Waals surface area contributed by atoms with E-state index in [1.165, 1.54) is 6.08 Å². The lowest BCUT2D eigenvalue weighted by molar-refractivity contribution is -0.203. The maximum Gasteiger partial charge on any atom is 0.425 e. The summed E-state index contributed by atoms with van der Waals surface area (Å²) in [6.45, 7) is 20.5. The Morgan fingerprint density at radius 1 is 0.900 bits per heavy atom. The summed E-state index contributed by atoms with van der Waals surface area (Å²) >= 11 is 0. The minimum absolute atomic E-state index is 0.113. The molecule has 330 valence electrons. The highest BCUT2D eigenvalue weighted by Gasteiger charge is 2.45. The van der Waals surface area contributed by atoms with Crippen molar-refractivity contribution in [3.63, 3.8) is 0 Å². The Morgan fingerprint density at radius 2 is 1.55 bits per heavy atom. The molecule has 2 N–H and O–H groups in total. The number of alkyl halides is 3. The van der Waals surface area contributed by atoms with Crippen molar-refractivity contribution in [1.82, 2.24) is 0 Å². The zero-order valence-corrected chi connectivity index (χ0v) is 36.8. The highest BCUT2D eigenvalue weighted by molar-refractivity contribution is 5.95. The third-order valence-electron chi connectivity index (χ3n) is 10.6. The number of benzene rings is 2. The zero-order valence-electron chi connectivity index (χ0n) is 36.8. The highest BCUT2D eigenvalue weighted by Crippen LogP contribution is 2.37. The summed E-state index contributed by atoms with van der Waals surface area (Å²) in [5.41, 5.74) is 4.97. The second kappa shape index (κ2) is 20.2. The van der Waals surface area contributed by atoms with Crippen LogP contribution in [0.3, 0.4) is 0 Å². The molecule has 9 nitrogen and oxygen atoms in total. The van der Waals surface area contributed by atoms with Crippen LogP contribution in [0.5, 0.6) is 0 Å². The first-order valence-electron chi connectivity index (χ1n) is 20.7. The van der Waals surface area contributed by atoms with E-state index in [0.717, 1.165) is 16.7 Å². The first-order valence-corrected chi connectivity index (χ1v) is 20.7. The van der Waals surface area contributed by atoms with Gasteiger partial charge in [0.25, 0.3) is 0 Å². The van der Waals surface area contributed by atoms with Crippen LogP contribution in [0.4, 0.5) is 13.2 Å². The molecule has 0 aromatic heterocycles. The normalized spacial score (nSPS) is 27.6. The molecule has 0 saturated carbocycles. The summed E-state index contributed by atoms with van der Waals surface area (Å²) in [6.07, 6.45) is 7.81. The third kappa shape index (κ3) is 13.5. The van der Waals surface area contributed by atoms with Gasteiger partial charge in [-0.25, -0.2) is 9.59 Å². The Hall–Kier alpha value is -4.07. The van der Waals surface area contributed by atoms with Gasteiger partial charge in [-0.15, -0.1) is 0 Å². The minimum atomic E-state index is -4.67. The molecule has 2 aromatic carbocycles. The number of aromatic carboxylic acids is 1. The van der Waals surface area contributed by atoms with Crippen molar-refractivity contribution in [2.24, 2.45) is 11.8 Å². The first kappa shape index (κ1) is 48.6. The molecule has 3 aliphatic rings. The number of carbonyl (C=O) groups excluding carboxylic acids is 1. The number of carboxylic acids is 1. The van der Waals surface area contributed by atoms with E-state index < -0.39 is 42.2 Å². The van der Waals surface area contributed by atoms with Crippen LogP contribution in [0.15, 0.2) is 60.7 Å². The van der Waals surface area contributed by atoms with Gasteiger partial charge in [-0.2, -0.15) is 13.2 Å². The molecule has 0 amide bonds. The number of aryl methyl sites for hydroxylation is 4. The van der Waals surface area contributed by atoms with Gasteiger partial charge in [-0.1, -0.05) is 97.8 Å². The average molecular weight is 841 g/mol.